The zero-order valence-corrected chi connectivity index (χ0v) is 14.7. The lowest BCUT2D eigenvalue weighted by Crippen LogP contribution is -2.43. The van der Waals surface area contributed by atoms with Gasteiger partial charge in [0.1, 0.15) is 0 Å². The molecule has 0 aliphatic carbocycles. The molecule has 1 fully saturated rings. The van der Waals surface area contributed by atoms with Crippen LogP contribution in [0.5, 0.6) is 0 Å². The molecule has 1 aliphatic heterocycles. The second kappa shape index (κ2) is 9.27. The molecule has 3 amide bonds. The molecule has 0 bridgehead atoms. The van der Waals surface area contributed by atoms with Gasteiger partial charge >= 0.3 is 12.0 Å². The molecule has 0 saturated carbocycles. The summed E-state index contributed by atoms with van der Waals surface area (Å²) < 4.78 is 0. The zero-order chi connectivity index (χ0) is 18.2. The summed E-state index contributed by atoms with van der Waals surface area (Å²) in [7, 11) is 0. The lowest BCUT2D eigenvalue weighted by atomic mass is 10.2. The summed E-state index contributed by atoms with van der Waals surface area (Å²) >= 11 is 5.84. The maximum atomic E-state index is 12.5. The monoisotopic (exact) mass is 367 g/mol. The van der Waals surface area contributed by atoms with Gasteiger partial charge in [0.15, 0.2) is 0 Å². The fraction of sp³-hybridized carbons (Fsp3) is 0.471. The Morgan fingerprint density at radius 2 is 1.68 bits per heavy atom. The highest BCUT2D eigenvalue weighted by Gasteiger charge is 2.22. The average molecular weight is 368 g/mol. The molecule has 1 saturated heterocycles. The molecule has 7 nitrogen and oxygen atoms in total. The van der Waals surface area contributed by atoms with Crippen molar-refractivity contribution in [2.24, 2.45) is 0 Å². The number of carbonyl (C=O) groups excluding carboxylic acids is 2. The lowest BCUT2D eigenvalue weighted by molar-refractivity contribution is -0.137. The molecule has 25 heavy (non-hydrogen) atoms. The van der Waals surface area contributed by atoms with Crippen LogP contribution in [0.15, 0.2) is 24.3 Å². The molecular weight excluding hydrogens is 346 g/mol. The number of carboxylic acids is 1. The van der Waals surface area contributed by atoms with Crippen LogP contribution in [0.2, 0.25) is 5.02 Å². The average Bonchev–Trinajstić information content (AvgIpc) is 2.84. The second-order valence-corrected chi connectivity index (χ2v) is 6.31. The Balaban J connectivity index is 1.82. The van der Waals surface area contributed by atoms with Crippen LogP contribution in [-0.4, -0.2) is 65.5 Å². The van der Waals surface area contributed by atoms with E-state index in [1.165, 1.54) is 0 Å². The summed E-state index contributed by atoms with van der Waals surface area (Å²) in [6.07, 6.45) is 1.13. The van der Waals surface area contributed by atoms with E-state index in [1.807, 2.05) is 0 Å². The number of halogens is 1. The first kappa shape index (κ1) is 19.1. The third kappa shape index (κ3) is 5.94. The quantitative estimate of drug-likeness (QED) is 0.779. The molecule has 0 radical (unpaired) electrons. The number of urea groups is 1. The summed E-state index contributed by atoms with van der Waals surface area (Å²) in [4.78, 5) is 38.5. The standard InChI is InChI=1S/C17H22ClN3O4/c18-14-6-4-13(5-7-14)16(24)20-9-2-10-21(12-11-20)17(25)19-8-1-3-15(22)23/h4-7H,1-3,8-12H2,(H,19,25)(H,22,23). The van der Waals surface area contributed by atoms with Gasteiger partial charge in [-0.05, 0) is 37.1 Å². The molecule has 8 heteroatoms. The number of benzene rings is 1. The van der Waals surface area contributed by atoms with E-state index in [4.69, 9.17) is 16.7 Å². The Hall–Kier alpha value is -2.28. The van der Waals surface area contributed by atoms with Gasteiger partial charge in [0.05, 0.1) is 0 Å². The summed E-state index contributed by atoms with van der Waals surface area (Å²) in [5.41, 5.74) is 0.580. The van der Waals surface area contributed by atoms with Crippen molar-refractivity contribution < 1.29 is 19.5 Å². The van der Waals surface area contributed by atoms with Crippen LogP contribution in [0.4, 0.5) is 4.79 Å². The fourth-order valence-electron chi connectivity index (χ4n) is 2.65. The van der Waals surface area contributed by atoms with Crippen LogP contribution in [0.1, 0.15) is 29.6 Å². The Labute approximate surface area is 151 Å². The predicted molar refractivity (Wildman–Crippen MR) is 93.8 cm³/mol. The minimum absolute atomic E-state index is 0.0314. The molecule has 1 aromatic carbocycles. The van der Waals surface area contributed by atoms with Crippen LogP contribution in [0.25, 0.3) is 0 Å². The molecule has 1 aromatic rings. The van der Waals surface area contributed by atoms with Crippen LogP contribution < -0.4 is 5.32 Å². The molecule has 0 atom stereocenters. The normalized spacial score (nSPS) is 14.8. The van der Waals surface area contributed by atoms with Crippen molar-refractivity contribution in [1.29, 1.82) is 0 Å². The van der Waals surface area contributed by atoms with Crippen LogP contribution in [0.3, 0.4) is 0 Å². The predicted octanol–water partition coefficient (Wildman–Crippen LogP) is 2.06. The largest absolute Gasteiger partial charge is 0.481 e. The molecule has 2 rings (SSSR count). The van der Waals surface area contributed by atoms with Crippen molar-refractivity contribution in [2.45, 2.75) is 19.3 Å². The van der Waals surface area contributed by atoms with Gasteiger partial charge in [-0.25, -0.2) is 4.79 Å². The first-order valence-electron chi connectivity index (χ1n) is 8.27. The van der Waals surface area contributed by atoms with Gasteiger partial charge in [0.2, 0.25) is 0 Å². The van der Waals surface area contributed by atoms with Gasteiger partial charge in [0.25, 0.3) is 5.91 Å². The molecule has 1 aliphatic rings. The first-order valence-corrected chi connectivity index (χ1v) is 8.64. The Morgan fingerprint density at radius 3 is 2.36 bits per heavy atom. The van der Waals surface area contributed by atoms with Gasteiger partial charge < -0.3 is 20.2 Å². The molecule has 1 heterocycles. The number of nitrogens with one attached hydrogen (secondary N) is 1. The van der Waals surface area contributed by atoms with Crippen molar-refractivity contribution >= 4 is 29.5 Å². The number of rotatable bonds is 5. The Morgan fingerprint density at radius 1 is 1.04 bits per heavy atom. The highest BCUT2D eigenvalue weighted by atomic mass is 35.5. The van der Waals surface area contributed by atoms with Gasteiger partial charge in [-0.1, -0.05) is 11.6 Å². The van der Waals surface area contributed by atoms with E-state index < -0.39 is 5.97 Å². The summed E-state index contributed by atoms with van der Waals surface area (Å²) in [5, 5.41) is 11.9. The van der Waals surface area contributed by atoms with E-state index in [0.717, 1.165) is 0 Å². The first-order chi connectivity index (χ1) is 12.0. The van der Waals surface area contributed by atoms with Gasteiger partial charge in [-0.3, -0.25) is 9.59 Å². The molecule has 0 aromatic heterocycles. The van der Waals surface area contributed by atoms with E-state index >= 15 is 0 Å². The highest BCUT2D eigenvalue weighted by Crippen LogP contribution is 2.13. The third-order valence-corrected chi connectivity index (χ3v) is 4.26. The highest BCUT2D eigenvalue weighted by molar-refractivity contribution is 6.30. The second-order valence-electron chi connectivity index (χ2n) is 5.87. The van der Waals surface area contributed by atoms with Gasteiger partial charge in [-0.15, -0.1) is 0 Å². The number of aliphatic carboxylic acids is 1. The molecule has 136 valence electrons. The van der Waals surface area contributed by atoms with E-state index in [2.05, 4.69) is 5.32 Å². The van der Waals surface area contributed by atoms with Crippen LogP contribution in [0, 0.1) is 0 Å². The lowest BCUT2D eigenvalue weighted by Gasteiger charge is -2.22. The fourth-order valence-corrected chi connectivity index (χ4v) is 2.77. The minimum atomic E-state index is -0.875. The minimum Gasteiger partial charge on any atom is -0.481 e. The SMILES string of the molecule is O=C(O)CCCNC(=O)N1CCCN(C(=O)c2ccc(Cl)cc2)CC1. The number of hydrogen-bond donors (Lipinski definition) is 2. The number of carboxylic acid groups (broad SMARTS) is 1. The summed E-state index contributed by atoms with van der Waals surface area (Å²) in [6.45, 7) is 2.39. The van der Waals surface area contributed by atoms with E-state index in [9.17, 15) is 14.4 Å². The zero-order valence-electron chi connectivity index (χ0n) is 13.9. The Kier molecular flexibility index (Phi) is 7.06. The summed E-state index contributed by atoms with van der Waals surface area (Å²) in [5.74, 6) is -0.944. The van der Waals surface area contributed by atoms with Crippen LogP contribution >= 0.6 is 11.6 Å². The van der Waals surface area contributed by atoms with E-state index in [0.29, 0.717) is 56.2 Å². The van der Waals surface area contributed by atoms with Crippen molar-refractivity contribution in [3.63, 3.8) is 0 Å². The van der Waals surface area contributed by atoms with Crippen molar-refractivity contribution in [3.05, 3.63) is 34.9 Å². The number of amides is 3. The summed E-state index contributed by atoms with van der Waals surface area (Å²) in [6, 6.07) is 6.55. The topological polar surface area (TPSA) is 89.9 Å². The van der Waals surface area contributed by atoms with Crippen molar-refractivity contribution in [2.75, 3.05) is 32.7 Å². The smallest absolute Gasteiger partial charge is 0.317 e. The molecule has 0 unspecified atom stereocenters. The van der Waals surface area contributed by atoms with Crippen molar-refractivity contribution in [3.8, 4) is 0 Å². The number of nitrogens with zero attached hydrogens (tertiary/aromatic N) is 2. The molecular formula is C17H22ClN3O4. The van der Waals surface area contributed by atoms with Crippen LogP contribution in [-0.2, 0) is 4.79 Å². The van der Waals surface area contributed by atoms with Gasteiger partial charge in [0, 0.05) is 49.7 Å². The number of carbonyl (C=O) groups is 3. The third-order valence-electron chi connectivity index (χ3n) is 4.01. The maximum absolute atomic E-state index is 12.5. The van der Waals surface area contributed by atoms with Crippen molar-refractivity contribution in [1.82, 2.24) is 15.1 Å². The Bertz CT molecular complexity index is 621. The molecule has 2 N–H and O–H groups in total. The number of hydrogen-bond acceptors (Lipinski definition) is 3. The van der Waals surface area contributed by atoms with E-state index in [1.54, 1.807) is 34.1 Å². The van der Waals surface area contributed by atoms with E-state index in [-0.39, 0.29) is 18.4 Å². The van der Waals surface area contributed by atoms with Gasteiger partial charge in [-0.2, -0.15) is 0 Å². The maximum Gasteiger partial charge on any atom is 0.317 e. The molecule has 0 spiro atoms.